The molecule has 2 aromatic carbocycles. The number of hydrogen-bond donors (Lipinski definition) is 1. The van der Waals surface area contributed by atoms with Crippen LogP contribution in [0.25, 0.3) is 10.9 Å². The van der Waals surface area contributed by atoms with E-state index in [0.717, 1.165) is 29.6 Å². The van der Waals surface area contributed by atoms with Crippen LogP contribution < -0.4 is 10.2 Å². The van der Waals surface area contributed by atoms with Crippen molar-refractivity contribution in [2.75, 3.05) is 23.8 Å². The van der Waals surface area contributed by atoms with Crippen molar-refractivity contribution in [2.24, 2.45) is 0 Å². The van der Waals surface area contributed by atoms with Crippen molar-refractivity contribution in [1.82, 2.24) is 4.98 Å². The van der Waals surface area contributed by atoms with Crippen molar-refractivity contribution in [1.29, 1.82) is 0 Å². The zero-order valence-corrected chi connectivity index (χ0v) is 16.8. The number of hydrogen-bond acceptors (Lipinski definition) is 3. The third-order valence-electron chi connectivity index (χ3n) is 5.01. The Bertz CT molecular complexity index is 922. The molecular formula is C24H29N3O. The number of carbonyl (C=O) groups excluding carboxylic acids is 1. The number of aromatic nitrogens is 1. The lowest BCUT2D eigenvalue weighted by atomic mass is 10.1. The number of pyridine rings is 1. The van der Waals surface area contributed by atoms with Gasteiger partial charge in [-0.25, -0.2) is 0 Å². The summed E-state index contributed by atoms with van der Waals surface area (Å²) in [6.45, 7) is 3.18. The van der Waals surface area contributed by atoms with Crippen LogP contribution in [0.2, 0.25) is 0 Å². The minimum absolute atomic E-state index is 0.106. The number of carbonyl (C=O) groups is 1. The van der Waals surface area contributed by atoms with Crippen LogP contribution in [0.3, 0.4) is 0 Å². The summed E-state index contributed by atoms with van der Waals surface area (Å²) in [6.07, 6.45) is 7.91. The predicted molar refractivity (Wildman–Crippen MR) is 118 cm³/mol. The largest absolute Gasteiger partial charge is 0.374 e. The Kier molecular flexibility index (Phi) is 7.01. The van der Waals surface area contributed by atoms with Crippen LogP contribution in [0.5, 0.6) is 0 Å². The molecule has 28 heavy (non-hydrogen) atoms. The zero-order chi connectivity index (χ0) is 19.8. The quantitative estimate of drug-likeness (QED) is 0.474. The van der Waals surface area contributed by atoms with Gasteiger partial charge in [0.1, 0.15) is 0 Å². The number of anilines is 2. The van der Waals surface area contributed by atoms with E-state index in [1.165, 1.54) is 25.7 Å². The lowest BCUT2D eigenvalue weighted by Gasteiger charge is -2.22. The van der Waals surface area contributed by atoms with E-state index in [9.17, 15) is 4.79 Å². The first-order valence-corrected chi connectivity index (χ1v) is 10.2. The van der Waals surface area contributed by atoms with Gasteiger partial charge >= 0.3 is 0 Å². The van der Waals surface area contributed by atoms with Gasteiger partial charge in [-0.3, -0.25) is 9.78 Å². The number of unbranched alkanes of at least 4 members (excludes halogenated alkanes) is 4. The molecule has 0 aliphatic rings. The Hall–Kier alpha value is -2.88. The van der Waals surface area contributed by atoms with Gasteiger partial charge in [-0.15, -0.1) is 0 Å². The maximum absolute atomic E-state index is 12.9. The first kappa shape index (κ1) is 19.9. The Balaban J connectivity index is 1.69. The SMILES string of the molecule is CCCCCCCN(C)c1ccccc1C(=O)Nc1cnc2ccccc2c1. The highest BCUT2D eigenvalue weighted by Gasteiger charge is 2.14. The first-order chi connectivity index (χ1) is 13.7. The summed E-state index contributed by atoms with van der Waals surface area (Å²) >= 11 is 0. The van der Waals surface area contributed by atoms with Gasteiger partial charge in [-0.2, -0.15) is 0 Å². The van der Waals surface area contributed by atoms with Gasteiger partial charge in [0.2, 0.25) is 0 Å². The van der Waals surface area contributed by atoms with E-state index in [2.05, 4.69) is 29.2 Å². The Morgan fingerprint density at radius 2 is 1.75 bits per heavy atom. The second-order valence-electron chi connectivity index (χ2n) is 7.22. The van der Waals surface area contributed by atoms with Crippen LogP contribution in [0.15, 0.2) is 60.8 Å². The normalized spacial score (nSPS) is 10.8. The number of amides is 1. The second-order valence-corrected chi connectivity index (χ2v) is 7.22. The molecule has 0 aliphatic heterocycles. The zero-order valence-electron chi connectivity index (χ0n) is 16.8. The van der Waals surface area contributed by atoms with Crippen LogP contribution in [0.4, 0.5) is 11.4 Å². The van der Waals surface area contributed by atoms with E-state index < -0.39 is 0 Å². The molecule has 0 saturated heterocycles. The van der Waals surface area contributed by atoms with Gasteiger partial charge in [-0.05, 0) is 30.7 Å². The Labute approximate surface area is 167 Å². The Morgan fingerprint density at radius 1 is 1.00 bits per heavy atom. The first-order valence-electron chi connectivity index (χ1n) is 10.2. The highest BCUT2D eigenvalue weighted by atomic mass is 16.1. The molecule has 4 heteroatoms. The fourth-order valence-corrected chi connectivity index (χ4v) is 3.41. The van der Waals surface area contributed by atoms with Crippen LogP contribution in [0, 0.1) is 0 Å². The summed E-state index contributed by atoms with van der Waals surface area (Å²) < 4.78 is 0. The molecule has 1 aromatic heterocycles. The summed E-state index contributed by atoms with van der Waals surface area (Å²) in [7, 11) is 2.06. The van der Waals surface area contributed by atoms with Crippen molar-refractivity contribution < 1.29 is 4.79 Å². The van der Waals surface area contributed by atoms with E-state index in [-0.39, 0.29) is 5.91 Å². The average molecular weight is 376 g/mol. The second kappa shape index (κ2) is 9.88. The van der Waals surface area contributed by atoms with Gasteiger partial charge in [0.15, 0.2) is 0 Å². The van der Waals surface area contributed by atoms with Crippen LogP contribution >= 0.6 is 0 Å². The molecule has 0 radical (unpaired) electrons. The van der Waals surface area contributed by atoms with Gasteiger partial charge < -0.3 is 10.2 Å². The van der Waals surface area contributed by atoms with E-state index in [0.29, 0.717) is 11.3 Å². The molecule has 4 nitrogen and oxygen atoms in total. The molecule has 0 spiro atoms. The summed E-state index contributed by atoms with van der Waals surface area (Å²) in [6, 6.07) is 17.6. The van der Waals surface area contributed by atoms with Gasteiger partial charge in [-0.1, -0.05) is 62.9 Å². The monoisotopic (exact) mass is 375 g/mol. The summed E-state index contributed by atoms with van der Waals surface area (Å²) in [5.41, 5.74) is 3.28. The molecule has 1 heterocycles. The van der Waals surface area contributed by atoms with E-state index in [1.54, 1.807) is 6.20 Å². The number of benzene rings is 2. The average Bonchev–Trinajstić information content (AvgIpc) is 2.73. The molecule has 1 N–H and O–H groups in total. The smallest absolute Gasteiger partial charge is 0.257 e. The standard InChI is InChI=1S/C24H29N3O/c1-3-4-5-6-11-16-27(2)23-15-10-8-13-21(23)24(28)26-20-17-19-12-7-9-14-22(19)25-18-20/h7-10,12-15,17-18H,3-6,11,16H2,1-2H3,(H,26,28). The van der Waals surface area contributed by atoms with Crippen LogP contribution in [-0.4, -0.2) is 24.5 Å². The van der Waals surface area contributed by atoms with Crippen LogP contribution in [-0.2, 0) is 0 Å². The highest BCUT2D eigenvalue weighted by molar-refractivity contribution is 6.08. The maximum atomic E-state index is 12.9. The number of rotatable bonds is 9. The molecule has 3 rings (SSSR count). The molecule has 0 atom stereocenters. The Morgan fingerprint density at radius 3 is 2.61 bits per heavy atom. The van der Waals surface area contributed by atoms with Crippen LogP contribution in [0.1, 0.15) is 49.4 Å². The third-order valence-corrected chi connectivity index (χ3v) is 5.01. The molecular weight excluding hydrogens is 346 g/mol. The van der Waals surface area contributed by atoms with E-state index in [4.69, 9.17) is 0 Å². The predicted octanol–water partition coefficient (Wildman–Crippen LogP) is 5.89. The molecule has 146 valence electrons. The van der Waals surface area contributed by atoms with E-state index >= 15 is 0 Å². The number of nitrogens with one attached hydrogen (secondary N) is 1. The van der Waals surface area contributed by atoms with Gasteiger partial charge in [0.05, 0.1) is 23.0 Å². The van der Waals surface area contributed by atoms with Crippen molar-refractivity contribution in [3.8, 4) is 0 Å². The summed E-state index contributed by atoms with van der Waals surface area (Å²) in [4.78, 5) is 19.5. The maximum Gasteiger partial charge on any atom is 0.257 e. The topological polar surface area (TPSA) is 45.2 Å². The fourth-order valence-electron chi connectivity index (χ4n) is 3.41. The number of nitrogens with zero attached hydrogens (tertiary/aromatic N) is 2. The molecule has 3 aromatic rings. The molecule has 0 saturated carbocycles. The molecule has 0 unspecified atom stereocenters. The molecule has 0 bridgehead atoms. The van der Waals surface area contributed by atoms with Gasteiger partial charge in [0, 0.05) is 24.7 Å². The third kappa shape index (κ3) is 5.10. The van der Waals surface area contributed by atoms with Crippen molar-refractivity contribution in [3.63, 3.8) is 0 Å². The number of fused-ring (bicyclic) bond motifs is 1. The fraction of sp³-hybridized carbons (Fsp3) is 0.333. The van der Waals surface area contributed by atoms with E-state index in [1.807, 2.05) is 54.6 Å². The van der Waals surface area contributed by atoms with Crippen molar-refractivity contribution in [2.45, 2.75) is 39.0 Å². The summed E-state index contributed by atoms with van der Waals surface area (Å²) in [5, 5.41) is 4.01. The minimum Gasteiger partial charge on any atom is -0.374 e. The van der Waals surface area contributed by atoms with Crippen molar-refractivity contribution in [3.05, 3.63) is 66.4 Å². The summed E-state index contributed by atoms with van der Waals surface area (Å²) in [5.74, 6) is -0.106. The molecule has 1 amide bonds. The molecule has 0 aliphatic carbocycles. The number of para-hydroxylation sites is 2. The minimum atomic E-state index is -0.106. The highest BCUT2D eigenvalue weighted by Crippen LogP contribution is 2.22. The lowest BCUT2D eigenvalue weighted by Crippen LogP contribution is -2.23. The lowest BCUT2D eigenvalue weighted by molar-refractivity contribution is 0.102. The molecule has 0 fully saturated rings. The van der Waals surface area contributed by atoms with Crippen molar-refractivity contribution >= 4 is 28.2 Å². The van der Waals surface area contributed by atoms with Gasteiger partial charge in [0.25, 0.3) is 5.91 Å².